The standard InChI is InChI=1S/C30H36F2N2O3S/c1-4-15-38(35,36)26-9-7-24(8-10-26)25-17-27(31)29(28(32)18-25)37-20-22-11-13-34(14-12-22)30-23(6-3)16-21(5-2)19-33-30/h7-10,16-19,22H,4-6,11-15,20H2,1-3H3. The quantitative estimate of drug-likeness (QED) is 0.288. The lowest BCUT2D eigenvalue weighted by molar-refractivity contribution is 0.207. The summed E-state index contributed by atoms with van der Waals surface area (Å²) in [6.45, 7) is 7.97. The van der Waals surface area contributed by atoms with Crippen LogP contribution in [0.2, 0.25) is 0 Å². The molecule has 0 aliphatic carbocycles. The van der Waals surface area contributed by atoms with E-state index in [1.165, 1.54) is 35.4 Å². The Kier molecular flexibility index (Phi) is 9.03. The van der Waals surface area contributed by atoms with Gasteiger partial charge in [-0.3, -0.25) is 0 Å². The van der Waals surface area contributed by atoms with Gasteiger partial charge in [0.15, 0.2) is 27.2 Å². The molecule has 3 aromatic rings. The van der Waals surface area contributed by atoms with Crippen molar-refractivity contribution in [2.24, 2.45) is 5.92 Å². The van der Waals surface area contributed by atoms with E-state index in [0.29, 0.717) is 17.5 Å². The van der Waals surface area contributed by atoms with Crippen LogP contribution in [0.4, 0.5) is 14.6 Å². The largest absolute Gasteiger partial charge is 0.487 e. The SMILES string of the molecule is CCCS(=O)(=O)c1ccc(-c2cc(F)c(OCC3CCN(c4ncc(CC)cc4CC)CC3)c(F)c2)cc1. The number of pyridine rings is 1. The topological polar surface area (TPSA) is 59.5 Å². The van der Waals surface area contributed by atoms with Crippen molar-refractivity contribution < 1.29 is 21.9 Å². The number of sulfone groups is 1. The molecule has 204 valence electrons. The summed E-state index contributed by atoms with van der Waals surface area (Å²) in [5.74, 6) is -0.622. The van der Waals surface area contributed by atoms with Crippen LogP contribution >= 0.6 is 0 Å². The van der Waals surface area contributed by atoms with Crippen LogP contribution in [0.5, 0.6) is 5.75 Å². The van der Waals surface area contributed by atoms with Gasteiger partial charge < -0.3 is 9.64 Å². The number of nitrogens with zero attached hydrogens (tertiary/aromatic N) is 2. The molecule has 2 heterocycles. The molecule has 1 aromatic heterocycles. The van der Waals surface area contributed by atoms with Crippen molar-refractivity contribution in [1.82, 2.24) is 4.98 Å². The van der Waals surface area contributed by atoms with Gasteiger partial charge in [-0.15, -0.1) is 0 Å². The van der Waals surface area contributed by atoms with E-state index in [9.17, 15) is 17.2 Å². The summed E-state index contributed by atoms with van der Waals surface area (Å²) in [6.07, 6.45) is 6.07. The van der Waals surface area contributed by atoms with Crippen molar-refractivity contribution in [3.63, 3.8) is 0 Å². The summed E-state index contributed by atoms with van der Waals surface area (Å²) in [5.41, 5.74) is 3.35. The maximum Gasteiger partial charge on any atom is 0.190 e. The van der Waals surface area contributed by atoms with Gasteiger partial charge in [0, 0.05) is 19.3 Å². The minimum Gasteiger partial charge on any atom is -0.487 e. The van der Waals surface area contributed by atoms with Crippen LogP contribution in [0.1, 0.15) is 51.2 Å². The predicted molar refractivity (Wildman–Crippen MR) is 148 cm³/mol. The number of halogens is 2. The van der Waals surface area contributed by atoms with E-state index in [0.717, 1.165) is 44.6 Å². The number of aromatic nitrogens is 1. The van der Waals surface area contributed by atoms with Crippen molar-refractivity contribution in [2.45, 2.75) is 57.8 Å². The first kappa shape index (κ1) is 28.0. The molecule has 1 fully saturated rings. The number of benzene rings is 2. The van der Waals surface area contributed by atoms with Crippen LogP contribution < -0.4 is 9.64 Å². The van der Waals surface area contributed by atoms with Crippen molar-refractivity contribution >= 4 is 15.7 Å². The molecule has 38 heavy (non-hydrogen) atoms. The van der Waals surface area contributed by atoms with Gasteiger partial charge in [-0.1, -0.05) is 39.0 Å². The molecule has 0 amide bonds. The van der Waals surface area contributed by atoms with Gasteiger partial charge in [0.05, 0.1) is 17.3 Å². The number of piperidine rings is 1. The van der Waals surface area contributed by atoms with E-state index in [4.69, 9.17) is 9.72 Å². The Hall–Kier alpha value is -3.00. The second-order valence-electron chi connectivity index (χ2n) is 9.89. The highest BCUT2D eigenvalue weighted by molar-refractivity contribution is 7.91. The second-order valence-corrected chi connectivity index (χ2v) is 12.0. The van der Waals surface area contributed by atoms with E-state index >= 15 is 0 Å². The van der Waals surface area contributed by atoms with Crippen molar-refractivity contribution in [1.29, 1.82) is 0 Å². The fraction of sp³-hybridized carbons (Fsp3) is 0.433. The molecule has 0 bridgehead atoms. The number of hydrogen-bond donors (Lipinski definition) is 0. The Labute approximate surface area is 224 Å². The molecule has 1 aliphatic heterocycles. The molecule has 1 saturated heterocycles. The first-order valence-electron chi connectivity index (χ1n) is 13.4. The number of aryl methyl sites for hydroxylation is 2. The molecule has 5 nitrogen and oxygen atoms in total. The average molecular weight is 543 g/mol. The van der Waals surface area contributed by atoms with Gasteiger partial charge in [0.1, 0.15) is 5.82 Å². The smallest absolute Gasteiger partial charge is 0.190 e. The summed E-state index contributed by atoms with van der Waals surface area (Å²) in [7, 11) is -3.35. The van der Waals surface area contributed by atoms with Crippen LogP contribution in [0.25, 0.3) is 11.1 Å². The summed E-state index contributed by atoms with van der Waals surface area (Å²) < 4.78 is 59.9. The molecule has 0 N–H and O–H groups in total. The second kappa shape index (κ2) is 12.2. The minimum absolute atomic E-state index is 0.0589. The Morgan fingerprint density at radius 3 is 2.18 bits per heavy atom. The molecule has 0 radical (unpaired) electrons. The number of rotatable bonds is 10. The first-order valence-corrected chi connectivity index (χ1v) is 15.1. The van der Waals surface area contributed by atoms with Gasteiger partial charge in [-0.25, -0.2) is 22.2 Å². The van der Waals surface area contributed by atoms with Crippen LogP contribution in [-0.4, -0.2) is 38.9 Å². The van der Waals surface area contributed by atoms with Gasteiger partial charge in [0.2, 0.25) is 0 Å². The van der Waals surface area contributed by atoms with Crippen LogP contribution in [0.3, 0.4) is 0 Å². The normalized spacial score (nSPS) is 14.6. The van der Waals surface area contributed by atoms with Crippen LogP contribution in [0, 0.1) is 17.6 Å². The van der Waals surface area contributed by atoms with Gasteiger partial charge in [-0.2, -0.15) is 0 Å². The lowest BCUT2D eigenvalue weighted by Gasteiger charge is -2.34. The Balaban J connectivity index is 1.37. The third kappa shape index (κ3) is 6.34. The molecule has 0 saturated carbocycles. The number of hydrogen-bond acceptors (Lipinski definition) is 5. The fourth-order valence-corrected chi connectivity index (χ4v) is 6.23. The van der Waals surface area contributed by atoms with E-state index < -0.39 is 21.5 Å². The zero-order valence-corrected chi connectivity index (χ0v) is 23.2. The Bertz CT molecular complexity index is 1330. The Morgan fingerprint density at radius 1 is 0.947 bits per heavy atom. The fourth-order valence-electron chi connectivity index (χ4n) is 4.91. The van der Waals surface area contributed by atoms with Gasteiger partial charge in [-0.05, 0) is 84.5 Å². The molecule has 2 aromatic carbocycles. The summed E-state index contributed by atoms with van der Waals surface area (Å²) >= 11 is 0. The van der Waals surface area contributed by atoms with Crippen molar-refractivity contribution in [2.75, 3.05) is 30.3 Å². The Morgan fingerprint density at radius 2 is 1.61 bits per heavy atom. The van der Waals surface area contributed by atoms with Crippen LogP contribution in [0.15, 0.2) is 53.6 Å². The lowest BCUT2D eigenvalue weighted by Crippen LogP contribution is -2.36. The summed E-state index contributed by atoms with van der Waals surface area (Å²) in [4.78, 5) is 7.21. The summed E-state index contributed by atoms with van der Waals surface area (Å²) in [6, 6.07) is 10.8. The van der Waals surface area contributed by atoms with Gasteiger partial charge >= 0.3 is 0 Å². The van der Waals surface area contributed by atoms with Gasteiger partial charge in [0.25, 0.3) is 0 Å². The van der Waals surface area contributed by atoms with E-state index in [-0.39, 0.29) is 28.9 Å². The molecular formula is C30H36F2N2O3S. The molecule has 4 rings (SSSR count). The molecular weight excluding hydrogens is 506 g/mol. The highest BCUT2D eigenvalue weighted by Crippen LogP contribution is 2.31. The highest BCUT2D eigenvalue weighted by Gasteiger charge is 2.24. The van der Waals surface area contributed by atoms with E-state index in [1.54, 1.807) is 19.1 Å². The monoisotopic (exact) mass is 542 g/mol. The number of ether oxygens (including phenoxy) is 1. The lowest BCUT2D eigenvalue weighted by atomic mass is 9.97. The third-order valence-electron chi connectivity index (χ3n) is 7.18. The summed E-state index contributed by atoms with van der Waals surface area (Å²) in [5, 5.41) is 0. The maximum absolute atomic E-state index is 14.9. The third-order valence-corrected chi connectivity index (χ3v) is 9.12. The first-order chi connectivity index (χ1) is 18.2. The zero-order chi connectivity index (χ0) is 27.3. The molecule has 8 heteroatoms. The predicted octanol–water partition coefficient (Wildman–Crippen LogP) is 6.63. The van der Waals surface area contributed by atoms with E-state index in [1.807, 2.05) is 6.20 Å². The maximum atomic E-state index is 14.9. The van der Waals surface area contributed by atoms with Crippen molar-refractivity contribution in [3.05, 3.63) is 71.4 Å². The average Bonchev–Trinajstić information content (AvgIpc) is 2.92. The molecule has 0 atom stereocenters. The highest BCUT2D eigenvalue weighted by atomic mass is 32.2. The molecule has 0 spiro atoms. The molecule has 1 aliphatic rings. The van der Waals surface area contributed by atoms with Crippen molar-refractivity contribution in [3.8, 4) is 16.9 Å². The van der Waals surface area contributed by atoms with E-state index in [2.05, 4.69) is 24.8 Å². The zero-order valence-electron chi connectivity index (χ0n) is 22.3. The molecule has 0 unspecified atom stereocenters. The number of anilines is 1. The minimum atomic E-state index is -3.35. The van der Waals surface area contributed by atoms with Crippen LogP contribution in [-0.2, 0) is 22.7 Å².